The van der Waals surface area contributed by atoms with E-state index < -0.39 is 22.8 Å². The SMILES string of the molecule is O=CC1C(=O)NCC1[N+](=O)[O-]. The van der Waals surface area contributed by atoms with Crippen molar-refractivity contribution in [3.05, 3.63) is 10.1 Å². The average Bonchev–Trinajstić information content (AvgIpc) is 2.30. The van der Waals surface area contributed by atoms with Gasteiger partial charge in [-0.05, 0) is 0 Å². The van der Waals surface area contributed by atoms with Crippen molar-refractivity contribution in [2.45, 2.75) is 6.04 Å². The smallest absolute Gasteiger partial charge is 0.248 e. The van der Waals surface area contributed by atoms with Crippen LogP contribution in [0, 0.1) is 16.0 Å². The lowest BCUT2D eigenvalue weighted by Crippen LogP contribution is -2.29. The second-order valence-electron chi connectivity index (χ2n) is 2.26. The quantitative estimate of drug-likeness (QED) is 0.231. The molecule has 1 heterocycles. The lowest BCUT2D eigenvalue weighted by atomic mass is 10.1. The molecule has 0 saturated carbocycles. The fraction of sp³-hybridized carbons (Fsp3) is 0.600. The Bertz CT molecular complexity index is 215. The number of carbonyl (C=O) groups excluding carboxylic acids is 2. The van der Waals surface area contributed by atoms with Crippen LogP contribution in [-0.2, 0) is 9.59 Å². The highest BCUT2D eigenvalue weighted by Crippen LogP contribution is 2.10. The van der Waals surface area contributed by atoms with E-state index in [2.05, 4.69) is 5.32 Å². The number of amides is 1. The van der Waals surface area contributed by atoms with E-state index >= 15 is 0 Å². The van der Waals surface area contributed by atoms with E-state index in [0.29, 0.717) is 6.29 Å². The van der Waals surface area contributed by atoms with E-state index in [-0.39, 0.29) is 6.54 Å². The van der Waals surface area contributed by atoms with E-state index in [1.165, 1.54) is 0 Å². The Morgan fingerprint density at radius 3 is 2.73 bits per heavy atom. The predicted molar refractivity (Wildman–Crippen MR) is 33.3 cm³/mol. The average molecular weight is 158 g/mol. The van der Waals surface area contributed by atoms with E-state index in [4.69, 9.17) is 0 Å². The van der Waals surface area contributed by atoms with Crippen LogP contribution < -0.4 is 5.32 Å². The largest absolute Gasteiger partial charge is 0.348 e. The van der Waals surface area contributed by atoms with Gasteiger partial charge in [0.2, 0.25) is 11.9 Å². The van der Waals surface area contributed by atoms with Gasteiger partial charge in [-0.25, -0.2) is 0 Å². The third kappa shape index (κ3) is 1.19. The van der Waals surface area contributed by atoms with E-state index in [9.17, 15) is 19.7 Å². The zero-order chi connectivity index (χ0) is 8.43. The zero-order valence-corrected chi connectivity index (χ0v) is 5.52. The van der Waals surface area contributed by atoms with Crippen LogP contribution in [0.25, 0.3) is 0 Å². The zero-order valence-electron chi connectivity index (χ0n) is 5.52. The summed E-state index contributed by atoms with van der Waals surface area (Å²) >= 11 is 0. The van der Waals surface area contributed by atoms with E-state index in [1.807, 2.05) is 0 Å². The minimum Gasteiger partial charge on any atom is -0.348 e. The number of hydrogen-bond donors (Lipinski definition) is 1. The molecule has 1 amide bonds. The van der Waals surface area contributed by atoms with Crippen molar-refractivity contribution < 1.29 is 14.5 Å². The Hall–Kier alpha value is -1.46. The van der Waals surface area contributed by atoms with Crippen LogP contribution in [-0.4, -0.2) is 29.7 Å². The Kier molecular flexibility index (Phi) is 1.84. The Morgan fingerprint density at radius 2 is 2.36 bits per heavy atom. The first-order valence-electron chi connectivity index (χ1n) is 3.03. The Labute approximate surface area is 61.7 Å². The maximum atomic E-state index is 10.7. The summed E-state index contributed by atoms with van der Waals surface area (Å²) in [5.41, 5.74) is 0. The first-order valence-corrected chi connectivity index (χ1v) is 3.03. The minimum atomic E-state index is -1.11. The number of nitrogens with one attached hydrogen (secondary N) is 1. The second kappa shape index (κ2) is 2.65. The normalized spacial score (nSPS) is 29.6. The van der Waals surface area contributed by atoms with Crippen LogP contribution in [0.4, 0.5) is 0 Å². The van der Waals surface area contributed by atoms with Crippen LogP contribution in [0.1, 0.15) is 0 Å². The first-order chi connectivity index (χ1) is 5.16. The minimum absolute atomic E-state index is 0.0464. The molecule has 0 radical (unpaired) electrons. The van der Waals surface area contributed by atoms with Crippen LogP contribution >= 0.6 is 0 Å². The summed E-state index contributed by atoms with van der Waals surface area (Å²) in [7, 11) is 0. The molecule has 11 heavy (non-hydrogen) atoms. The van der Waals surface area contributed by atoms with Gasteiger partial charge in [0.1, 0.15) is 6.29 Å². The molecule has 0 aromatic rings. The number of hydrogen-bond acceptors (Lipinski definition) is 4. The fourth-order valence-electron chi connectivity index (χ4n) is 0.983. The highest BCUT2D eigenvalue weighted by atomic mass is 16.6. The van der Waals surface area contributed by atoms with Crippen molar-refractivity contribution >= 4 is 12.2 Å². The van der Waals surface area contributed by atoms with Gasteiger partial charge in [-0.15, -0.1) is 0 Å². The molecular formula is C5H6N2O4. The molecule has 2 unspecified atom stereocenters. The molecule has 6 nitrogen and oxygen atoms in total. The van der Waals surface area contributed by atoms with Gasteiger partial charge in [0.25, 0.3) is 0 Å². The van der Waals surface area contributed by atoms with Crippen molar-refractivity contribution in [2.75, 3.05) is 6.54 Å². The van der Waals surface area contributed by atoms with Crippen LogP contribution in [0.5, 0.6) is 0 Å². The van der Waals surface area contributed by atoms with Gasteiger partial charge in [-0.2, -0.15) is 0 Å². The van der Waals surface area contributed by atoms with Crippen molar-refractivity contribution in [2.24, 2.45) is 5.92 Å². The molecule has 1 aliphatic heterocycles. The summed E-state index contributed by atoms with van der Waals surface area (Å²) in [4.78, 5) is 30.4. The predicted octanol–water partition coefficient (Wildman–Crippen LogP) is -1.42. The summed E-state index contributed by atoms with van der Waals surface area (Å²) in [5, 5.41) is 12.4. The molecule has 1 N–H and O–H groups in total. The van der Waals surface area contributed by atoms with Crippen molar-refractivity contribution in [3.63, 3.8) is 0 Å². The highest BCUT2D eigenvalue weighted by molar-refractivity contribution is 5.94. The number of nitrogens with zero attached hydrogens (tertiary/aromatic N) is 1. The summed E-state index contributed by atoms with van der Waals surface area (Å²) < 4.78 is 0. The standard InChI is InChI=1S/C5H6N2O4/c8-2-3-4(7(10)11)1-6-5(3)9/h2-4H,1H2,(H,6,9). The summed E-state index contributed by atoms with van der Waals surface area (Å²) in [5.74, 6) is -1.66. The van der Waals surface area contributed by atoms with Gasteiger partial charge in [-0.1, -0.05) is 0 Å². The van der Waals surface area contributed by atoms with Crippen LogP contribution in [0.2, 0.25) is 0 Å². The van der Waals surface area contributed by atoms with Gasteiger partial charge < -0.3 is 10.1 Å². The molecule has 0 aliphatic carbocycles. The van der Waals surface area contributed by atoms with E-state index in [1.54, 1.807) is 0 Å². The number of aldehydes is 1. The molecule has 0 spiro atoms. The monoisotopic (exact) mass is 158 g/mol. The topological polar surface area (TPSA) is 89.3 Å². The van der Waals surface area contributed by atoms with Gasteiger partial charge in [0.05, 0.1) is 6.54 Å². The number of nitro groups is 1. The Balaban J connectivity index is 2.76. The van der Waals surface area contributed by atoms with Gasteiger partial charge in [0.15, 0.2) is 5.92 Å². The molecule has 60 valence electrons. The maximum Gasteiger partial charge on any atom is 0.248 e. The number of carbonyl (C=O) groups is 2. The highest BCUT2D eigenvalue weighted by Gasteiger charge is 2.42. The van der Waals surface area contributed by atoms with Gasteiger partial charge in [-0.3, -0.25) is 14.9 Å². The third-order valence-electron chi connectivity index (χ3n) is 1.62. The molecule has 0 aromatic carbocycles. The summed E-state index contributed by atoms with van der Waals surface area (Å²) in [6.07, 6.45) is 0.315. The maximum absolute atomic E-state index is 10.7. The molecule has 6 heteroatoms. The molecule has 2 atom stereocenters. The molecule has 1 fully saturated rings. The lowest BCUT2D eigenvalue weighted by Gasteiger charge is -2.00. The number of rotatable bonds is 2. The van der Waals surface area contributed by atoms with Crippen LogP contribution in [0.3, 0.4) is 0 Å². The molecular weight excluding hydrogens is 152 g/mol. The molecule has 1 aliphatic rings. The van der Waals surface area contributed by atoms with Gasteiger partial charge in [0, 0.05) is 4.92 Å². The summed E-state index contributed by atoms with van der Waals surface area (Å²) in [6, 6.07) is -1.08. The molecule has 0 bridgehead atoms. The third-order valence-corrected chi connectivity index (χ3v) is 1.62. The van der Waals surface area contributed by atoms with Crippen molar-refractivity contribution in [1.82, 2.24) is 5.32 Å². The lowest BCUT2D eigenvalue weighted by molar-refractivity contribution is -0.520. The molecule has 0 aromatic heterocycles. The van der Waals surface area contributed by atoms with Crippen molar-refractivity contribution in [3.8, 4) is 0 Å². The van der Waals surface area contributed by atoms with E-state index in [0.717, 1.165) is 0 Å². The molecule has 1 saturated heterocycles. The Morgan fingerprint density at radius 1 is 1.73 bits per heavy atom. The van der Waals surface area contributed by atoms with Crippen LogP contribution in [0.15, 0.2) is 0 Å². The fourth-order valence-corrected chi connectivity index (χ4v) is 0.983. The first kappa shape index (κ1) is 7.64. The van der Waals surface area contributed by atoms with Crippen molar-refractivity contribution in [1.29, 1.82) is 0 Å². The summed E-state index contributed by atoms with van der Waals surface area (Å²) in [6.45, 7) is -0.0464. The van der Waals surface area contributed by atoms with Gasteiger partial charge >= 0.3 is 0 Å². The second-order valence-corrected chi connectivity index (χ2v) is 2.26. The molecule has 1 rings (SSSR count).